The SMILES string of the molecule is CS(=O)(=O)[C@@H]1CCCC[C@H]1N[C@H]1CCCN(C2CCCCC2)C1. The van der Waals surface area contributed by atoms with Crippen LogP contribution in [0.2, 0.25) is 0 Å². The predicted octanol–water partition coefficient (Wildman–Crippen LogP) is 2.73. The van der Waals surface area contributed by atoms with E-state index in [1.807, 2.05) is 0 Å². The van der Waals surface area contributed by atoms with Gasteiger partial charge in [0.05, 0.1) is 5.25 Å². The monoisotopic (exact) mass is 342 g/mol. The average molecular weight is 343 g/mol. The quantitative estimate of drug-likeness (QED) is 0.853. The molecule has 0 radical (unpaired) electrons. The number of hydrogen-bond donors (Lipinski definition) is 1. The molecular weight excluding hydrogens is 308 g/mol. The van der Waals surface area contributed by atoms with Crippen LogP contribution in [0, 0.1) is 0 Å². The van der Waals surface area contributed by atoms with E-state index in [4.69, 9.17) is 0 Å². The summed E-state index contributed by atoms with van der Waals surface area (Å²) in [5.41, 5.74) is 0. The van der Waals surface area contributed by atoms with E-state index in [0.717, 1.165) is 31.8 Å². The molecular formula is C18H34N2O2S. The van der Waals surface area contributed by atoms with E-state index in [0.29, 0.717) is 6.04 Å². The number of nitrogens with zero attached hydrogens (tertiary/aromatic N) is 1. The zero-order chi connectivity index (χ0) is 16.3. The van der Waals surface area contributed by atoms with E-state index in [1.54, 1.807) is 0 Å². The fourth-order valence-electron chi connectivity index (χ4n) is 5.02. The van der Waals surface area contributed by atoms with Gasteiger partial charge in [0, 0.05) is 30.9 Å². The number of sulfone groups is 1. The van der Waals surface area contributed by atoms with Crippen LogP contribution < -0.4 is 5.32 Å². The predicted molar refractivity (Wildman–Crippen MR) is 95.5 cm³/mol. The van der Waals surface area contributed by atoms with Crippen LogP contribution in [0.15, 0.2) is 0 Å². The van der Waals surface area contributed by atoms with Crippen molar-refractivity contribution in [1.82, 2.24) is 10.2 Å². The molecule has 0 aromatic heterocycles. The molecule has 0 bridgehead atoms. The van der Waals surface area contributed by atoms with Gasteiger partial charge in [0.15, 0.2) is 9.84 Å². The standard InChI is InChI=1S/C18H34N2O2S/c1-23(21,22)18-12-6-5-11-17(18)19-15-8-7-13-20(14-15)16-9-3-2-4-10-16/h15-19H,2-14H2,1H3/t15-,17+,18+/m0/s1. The Hall–Kier alpha value is -0.130. The lowest BCUT2D eigenvalue weighted by Crippen LogP contribution is -2.56. The average Bonchev–Trinajstić information content (AvgIpc) is 2.55. The van der Waals surface area contributed by atoms with Gasteiger partial charge in [-0.1, -0.05) is 32.1 Å². The van der Waals surface area contributed by atoms with Crippen molar-refractivity contribution in [2.24, 2.45) is 0 Å². The zero-order valence-electron chi connectivity index (χ0n) is 14.7. The largest absolute Gasteiger partial charge is 0.309 e. The Balaban J connectivity index is 1.57. The summed E-state index contributed by atoms with van der Waals surface area (Å²) >= 11 is 0. The molecule has 2 saturated carbocycles. The second-order valence-electron chi connectivity index (χ2n) is 8.05. The Morgan fingerprint density at radius 2 is 1.57 bits per heavy atom. The first-order valence-corrected chi connectivity index (χ1v) is 11.7. The van der Waals surface area contributed by atoms with Gasteiger partial charge in [-0.3, -0.25) is 4.90 Å². The molecule has 3 fully saturated rings. The minimum absolute atomic E-state index is 0.165. The lowest BCUT2D eigenvalue weighted by molar-refractivity contribution is 0.104. The van der Waals surface area contributed by atoms with Gasteiger partial charge in [-0.2, -0.15) is 0 Å². The topological polar surface area (TPSA) is 49.4 Å². The van der Waals surface area contributed by atoms with Gasteiger partial charge in [-0.25, -0.2) is 8.42 Å². The third-order valence-corrected chi connectivity index (χ3v) is 7.91. The summed E-state index contributed by atoms with van der Waals surface area (Å²) in [5.74, 6) is 0. The summed E-state index contributed by atoms with van der Waals surface area (Å²) in [6.45, 7) is 2.36. The Kier molecular flexibility index (Phi) is 6.02. The van der Waals surface area contributed by atoms with Gasteiger partial charge in [0.25, 0.3) is 0 Å². The van der Waals surface area contributed by atoms with Gasteiger partial charge >= 0.3 is 0 Å². The number of nitrogens with one attached hydrogen (secondary N) is 1. The van der Waals surface area contributed by atoms with E-state index in [1.165, 1.54) is 64.2 Å². The third-order valence-electron chi connectivity index (χ3n) is 6.25. The maximum atomic E-state index is 12.1. The smallest absolute Gasteiger partial charge is 0.151 e. The molecule has 3 atom stereocenters. The first kappa shape index (κ1) is 17.7. The number of piperidine rings is 1. The Morgan fingerprint density at radius 1 is 0.870 bits per heavy atom. The highest BCUT2D eigenvalue weighted by molar-refractivity contribution is 7.91. The summed E-state index contributed by atoms with van der Waals surface area (Å²) in [6, 6.07) is 1.44. The van der Waals surface area contributed by atoms with Crippen molar-refractivity contribution in [3.05, 3.63) is 0 Å². The maximum absolute atomic E-state index is 12.1. The van der Waals surface area contributed by atoms with Crippen LogP contribution in [0.4, 0.5) is 0 Å². The highest BCUT2D eigenvalue weighted by Crippen LogP contribution is 2.28. The molecule has 0 aromatic carbocycles. The van der Waals surface area contributed by atoms with E-state index < -0.39 is 9.84 Å². The van der Waals surface area contributed by atoms with Crippen molar-refractivity contribution < 1.29 is 8.42 Å². The molecule has 2 aliphatic carbocycles. The van der Waals surface area contributed by atoms with Crippen molar-refractivity contribution in [3.63, 3.8) is 0 Å². The van der Waals surface area contributed by atoms with Crippen LogP contribution >= 0.6 is 0 Å². The van der Waals surface area contributed by atoms with Crippen molar-refractivity contribution in [2.45, 2.75) is 94.0 Å². The molecule has 134 valence electrons. The van der Waals surface area contributed by atoms with Crippen LogP contribution in [-0.2, 0) is 9.84 Å². The fourth-order valence-corrected chi connectivity index (χ4v) is 6.43. The molecule has 0 aromatic rings. The number of likely N-dealkylation sites (tertiary alicyclic amines) is 1. The van der Waals surface area contributed by atoms with E-state index in [2.05, 4.69) is 10.2 Å². The maximum Gasteiger partial charge on any atom is 0.151 e. The molecule has 1 N–H and O–H groups in total. The zero-order valence-corrected chi connectivity index (χ0v) is 15.5. The van der Waals surface area contributed by atoms with Crippen LogP contribution in [-0.4, -0.2) is 56.0 Å². The first-order valence-electron chi connectivity index (χ1n) is 9.73. The van der Waals surface area contributed by atoms with Gasteiger partial charge in [0.2, 0.25) is 0 Å². The summed E-state index contributed by atoms with van der Waals surface area (Å²) < 4.78 is 24.2. The second-order valence-corrected chi connectivity index (χ2v) is 10.3. The lowest BCUT2D eigenvalue weighted by atomic mass is 9.90. The lowest BCUT2D eigenvalue weighted by Gasteiger charge is -2.42. The van der Waals surface area contributed by atoms with Crippen molar-refractivity contribution in [3.8, 4) is 0 Å². The highest BCUT2D eigenvalue weighted by atomic mass is 32.2. The molecule has 5 heteroatoms. The molecule has 0 spiro atoms. The molecule has 0 amide bonds. The van der Waals surface area contributed by atoms with Crippen LogP contribution in [0.5, 0.6) is 0 Å². The molecule has 1 aliphatic heterocycles. The van der Waals surface area contributed by atoms with Crippen molar-refractivity contribution >= 4 is 9.84 Å². The minimum atomic E-state index is -2.94. The Labute approximate surface area is 142 Å². The van der Waals surface area contributed by atoms with E-state index in [9.17, 15) is 8.42 Å². The van der Waals surface area contributed by atoms with Crippen LogP contribution in [0.1, 0.15) is 70.6 Å². The second kappa shape index (κ2) is 7.83. The first-order chi connectivity index (χ1) is 11.0. The molecule has 0 unspecified atom stereocenters. The summed E-state index contributed by atoms with van der Waals surface area (Å²) in [5, 5.41) is 3.60. The van der Waals surface area contributed by atoms with Crippen molar-refractivity contribution in [2.75, 3.05) is 19.3 Å². The summed E-state index contributed by atoms with van der Waals surface area (Å²) in [4.78, 5) is 2.69. The van der Waals surface area contributed by atoms with E-state index >= 15 is 0 Å². The molecule has 1 saturated heterocycles. The van der Waals surface area contributed by atoms with Gasteiger partial charge in [-0.05, 0) is 45.1 Å². The molecule has 1 heterocycles. The fraction of sp³-hybridized carbons (Fsp3) is 1.00. The molecule has 3 rings (SSSR count). The van der Waals surface area contributed by atoms with Gasteiger partial charge in [-0.15, -0.1) is 0 Å². The highest BCUT2D eigenvalue weighted by Gasteiger charge is 2.35. The Morgan fingerprint density at radius 3 is 2.30 bits per heavy atom. The van der Waals surface area contributed by atoms with Gasteiger partial charge in [0.1, 0.15) is 0 Å². The summed E-state index contributed by atoms with van der Waals surface area (Å²) in [7, 11) is -2.94. The van der Waals surface area contributed by atoms with Crippen LogP contribution in [0.3, 0.4) is 0 Å². The number of hydrogen-bond acceptors (Lipinski definition) is 4. The molecule has 4 nitrogen and oxygen atoms in total. The minimum Gasteiger partial charge on any atom is -0.309 e. The normalized spacial score (nSPS) is 35.3. The van der Waals surface area contributed by atoms with E-state index in [-0.39, 0.29) is 11.3 Å². The van der Waals surface area contributed by atoms with Crippen molar-refractivity contribution in [1.29, 1.82) is 0 Å². The Bertz CT molecular complexity index is 473. The van der Waals surface area contributed by atoms with Gasteiger partial charge < -0.3 is 5.32 Å². The molecule has 3 aliphatic rings. The third kappa shape index (κ3) is 4.70. The van der Waals surface area contributed by atoms with Crippen LogP contribution in [0.25, 0.3) is 0 Å². The molecule has 23 heavy (non-hydrogen) atoms. The number of rotatable bonds is 4. The summed E-state index contributed by atoms with van der Waals surface area (Å²) in [6.07, 6.45) is 14.9.